The van der Waals surface area contributed by atoms with Gasteiger partial charge in [-0.1, -0.05) is 5.92 Å². The lowest BCUT2D eigenvalue weighted by Crippen LogP contribution is -2.04. The van der Waals surface area contributed by atoms with Crippen LogP contribution in [0, 0.1) is 12.3 Å². The molecule has 2 N–H and O–H groups in total. The fourth-order valence-corrected chi connectivity index (χ4v) is 1.70. The molecule has 0 bridgehead atoms. The molecule has 88 valence electrons. The molecule has 4 nitrogen and oxygen atoms in total. The SMILES string of the molecule is C#CCOc1ccc2[nH]nc(CC(C)O)c2c1. The second kappa shape index (κ2) is 4.89. The van der Waals surface area contributed by atoms with Crippen LogP contribution < -0.4 is 4.74 Å². The Balaban J connectivity index is 2.33. The zero-order valence-electron chi connectivity index (χ0n) is 9.60. The number of nitrogens with zero attached hydrogens (tertiary/aromatic N) is 1. The van der Waals surface area contributed by atoms with Gasteiger partial charge in [-0.3, -0.25) is 5.10 Å². The highest BCUT2D eigenvalue weighted by Gasteiger charge is 2.09. The quantitative estimate of drug-likeness (QED) is 0.782. The van der Waals surface area contributed by atoms with E-state index in [0.29, 0.717) is 12.2 Å². The molecule has 0 radical (unpaired) electrons. The Morgan fingerprint density at radius 1 is 1.59 bits per heavy atom. The van der Waals surface area contributed by atoms with E-state index < -0.39 is 6.10 Å². The van der Waals surface area contributed by atoms with E-state index in [1.807, 2.05) is 18.2 Å². The lowest BCUT2D eigenvalue weighted by Gasteiger charge is -2.03. The van der Waals surface area contributed by atoms with Crippen molar-refractivity contribution in [1.82, 2.24) is 10.2 Å². The van der Waals surface area contributed by atoms with Crippen molar-refractivity contribution in [1.29, 1.82) is 0 Å². The molecule has 1 aromatic heterocycles. The summed E-state index contributed by atoms with van der Waals surface area (Å²) in [5.74, 6) is 3.13. The van der Waals surface area contributed by atoms with E-state index in [2.05, 4.69) is 16.1 Å². The largest absolute Gasteiger partial charge is 0.481 e. The van der Waals surface area contributed by atoms with E-state index in [4.69, 9.17) is 11.2 Å². The molecule has 2 rings (SSSR count). The molecule has 1 aromatic carbocycles. The van der Waals surface area contributed by atoms with Crippen molar-refractivity contribution in [2.75, 3.05) is 6.61 Å². The number of aromatic nitrogens is 2. The number of rotatable bonds is 4. The number of hydrogen-bond acceptors (Lipinski definition) is 3. The Bertz CT molecular complexity index is 552. The van der Waals surface area contributed by atoms with Crippen LogP contribution in [0.3, 0.4) is 0 Å². The summed E-state index contributed by atoms with van der Waals surface area (Å²) >= 11 is 0. The maximum Gasteiger partial charge on any atom is 0.148 e. The number of terminal acetylenes is 1. The highest BCUT2D eigenvalue weighted by atomic mass is 16.5. The average Bonchev–Trinajstić information content (AvgIpc) is 2.69. The first-order chi connectivity index (χ1) is 8.20. The number of aromatic amines is 1. The molecule has 0 saturated carbocycles. The number of fused-ring (bicyclic) bond motifs is 1. The number of benzene rings is 1. The van der Waals surface area contributed by atoms with Crippen molar-refractivity contribution in [3.63, 3.8) is 0 Å². The normalized spacial score (nSPS) is 12.3. The first-order valence-electron chi connectivity index (χ1n) is 5.42. The molecule has 2 aromatic rings. The van der Waals surface area contributed by atoms with Crippen LogP contribution in [-0.4, -0.2) is 28.0 Å². The van der Waals surface area contributed by atoms with E-state index in [9.17, 15) is 5.11 Å². The van der Waals surface area contributed by atoms with Gasteiger partial charge in [-0.15, -0.1) is 6.42 Å². The molecule has 17 heavy (non-hydrogen) atoms. The summed E-state index contributed by atoms with van der Waals surface area (Å²) in [5, 5.41) is 17.4. The second-order valence-corrected chi connectivity index (χ2v) is 3.92. The first-order valence-corrected chi connectivity index (χ1v) is 5.42. The monoisotopic (exact) mass is 230 g/mol. The maximum absolute atomic E-state index is 9.38. The molecular weight excluding hydrogens is 216 g/mol. The van der Waals surface area contributed by atoms with E-state index in [0.717, 1.165) is 16.6 Å². The summed E-state index contributed by atoms with van der Waals surface area (Å²) in [5.41, 5.74) is 1.76. The Hall–Kier alpha value is -1.99. The summed E-state index contributed by atoms with van der Waals surface area (Å²) in [4.78, 5) is 0. The van der Waals surface area contributed by atoms with Crippen LogP contribution in [0.1, 0.15) is 12.6 Å². The highest BCUT2D eigenvalue weighted by molar-refractivity contribution is 5.82. The van der Waals surface area contributed by atoms with Crippen molar-refractivity contribution < 1.29 is 9.84 Å². The number of aliphatic hydroxyl groups excluding tert-OH is 1. The minimum atomic E-state index is -0.420. The van der Waals surface area contributed by atoms with Crippen LogP contribution in [0.25, 0.3) is 10.9 Å². The number of hydrogen-bond donors (Lipinski definition) is 2. The fraction of sp³-hybridized carbons (Fsp3) is 0.308. The third-order valence-corrected chi connectivity index (χ3v) is 2.42. The van der Waals surface area contributed by atoms with Gasteiger partial charge in [0.2, 0.25) is 0 Å². The molecule has 0 aliphatic carbocycles. The number of H-pyrrole nitrogens is 1. The van der Waals surface area contributed by atoms with Gasteiger partial charge in [0.05, 0.1) is 17.3 Å². The molecule has 0 aliphatic rings. The summed E-state index contributed by atoms with van der Waals surface area (Å²) < 4.78 is 5.35. The smallest absolute Gasteiger partial charge is 0.148 e. The third kappa shape index (κ3) is 2.58. The lowest BCUT2D eigenvalue weighted by atomic mass is 10.1. The molecule has 1 heterocycles. The summed E-state index contributed by atoms with van der Waals surface area (Å²) in [6.45, 7) is 1.98. The Kier molecular flexibility index (Phi) is 3.31. The average molecular weight is 230 g/mol. The number of aliphatic hydroxyl groups is 1. The van der Waals surface area contributed by atoms with Gasteiger partial charge in [0.15, 0.2) is 0 Å². The molecule has 4 heteroatoms. The minimum Gasteiger partial charge on any atom is -0.481 e. The highest BCUT2D eigenvalue weighted by Crippen LogP contribution is 2.22. The molecule has 0 saturated heterocycles. The predicted octanol–water partition coefficient (Wildman–Crippen LogP) is 1.50. The maximum atomic E-state index is 9.38. The zero-order valence-corrected chi connectivity index (χ0v) is 9.60. The summed E-state index contributed by atoms with van der Waals surface area (Å²) in [6, 6.07) is 5.61. The van der Waals surface area contributed by atoms with Crippen LogP contribution in [0.15, 0.2) is 18.2 Å². The predicted molar refractivity (Wildman–Crippen MR) is 65.8 cm³/mol. The zero-order chi connectivity index (χ0) is 12.3. The summed E-state index contributed by atoms with van der Waals surface area (Å²) in [7, 11) is 0. The Labute approximate surface area is 99.6 Å². The van der Waals surface area contributed by atoms with Gasteiger partial charge in [-0.25, -0.2) is 0 Å². The third-order valence-electron chi connectivity index (χ3n) is 2.42. The molecule has 1 atom stereocenters. The van der Waals surface area contributed by atoms with Crippen molar-refractivity contribution >= 4 is 10.9 Å². The van der Waals surface area contributed by atoms with Gasteiger partial charge in [0.1, 0.15) is 12.4 Å². The van der Waals surface area contributed by atoms with Gasteiger partial charge < -0.3 is 9.84 Å². The second-order valence-electron chi connectivity index (χ2n) is 3.92. The van der Waals surface area contributed by atoms with Gasteiger partial charge in [0.25, 0.3) is 0 Å². The van der Waals surface area contributed by atoms with Gasteiger partial charge in [-0.05, 0) is 25.1 Å². The van der Waals surface area contributed by atoms with Crippen molar-refractivity contribution in [3.05, 3.63) is 23.9 Å². The van der Waals surface area contributed by atoms with Crippen LogP contribution in [-0.2, 0) is 6.42 Å². The van der Waals surface area contributed by atoms with E-state index in [1.165, 1.54) is 0 Å². The molecule has 0 amide bonds. The minimum absolute atomic E-state index is 0.245. The Morgan fingerprint density at radius 2 is 2.41 bits per heavy atom. The fourth-order valence-electron chi connectivity index (χ4n) is 1.70. The topological polar surface area (TPSA) is 58.1 Å². The molecule has 1 unspecified atom stereocenters. The number of nitrogens with one attached hydrogen (secondary N) is 1. The van der Waals surface area contributed by atoms with Crippen LogP contribution in [0.5, 0.6) is 5.75 Å². The summed E-state index contributed by atoms with van der Waals surface area (Å²) in [6.07, 6.45) is 5.23. The standard InChI is InChI=1S/C13H14N2O2/c1-3-6-17-10-4-5-12-11(8-10)13(15-14-12)7-9(2)16/h1,4-5,8-9,16H,6-7H2,2H3,(H,14,15). The van der Waals surface area contributed by atoms with Gasteiger partial charge in [0, 0.05) is 11.8 Å². The van der Waals surface area contributed by atoms with Crippen molar-refractivity contribution in [2.45, 2.75) is 19.4 Å². The van der Waals surface area contributed by atoms with Crippen molar-refractivity contribution in [3.8, 4) is 18.1 Å². The van der Waals surface area contributed by atoms with E-state index in [-0.39, 0.29) is 6.61 Å². The van der Waals surface area contributed by atoms with Crippen molar-refractivity contribution in [2.24, 2.45) is 0 Å². The molecular formula is C13H14N2O2. The first kappa shape index (κ1) is 11.5. The molecule has 0 spiro atoms. The lowest BCUT2D eigenvalue weighted by molar-refractivity contribution is 0.194. The van der Waals surface area contributed by atoms with Crippen LogP contribution in [0.2, 0.25) is 0 Å². The van der Waals surface area contributed by atoms with E-state index in [1.54, 1.807) is 6.92 Å². The number of ether oxygens (including phenoxy) is 1. The Morgan fingerprint density at radius 3 is 3.12 bits per heavy atom. The van der Waals surface area contributed by atoms with E-state index >= 15 is 0 Å². The van der Waals surface area contributed by atoms with Crippen LogP contribution in [0.4, 0.5) is 0 Å². The molecule has 0 fully saturated rings. The van der Waals surface area contributed by atoms with Crippen LogP contribution >= 0.6 is 0 Å². The van der Waals surface area contributed by atoms with Gasteiger partial charge in [-0.2, -0.15) is 5.10 Å². The van der Waals surface area contributed by atoms with Gasteiger partial charge >= 0.3 is 0 Å². The molecule has 0 aliphatic heterocycles.